The predicted octanol–water partition coefficient (Wildman–Crippen LogP) is 1.70. The van der Waals surface area contributed by atoms with Gasteiger partial charge in [0.25, 0.3) is 0 Å². The minimum absolute atomic E-state index is 0.209. The normalized spacial score (nSPS) is 27.7. The summed E-state index contributed by atoms with van der Waals surface area (Å²) in [4.78, 5) is 22.6. The second-order valence-electron chi connectivity index (χ2n) is 3.82. The topological polar surface area (TPSA) is 43.4 Å². The molecule has 0 unspecified atom stereocenters. The van der Waals surface area contributed by atoms with E-state index in [1.165, 1.54) is 0 Å². The van der Waals surface area contributed by atoms with Gasteiger partial charge in [-0.25, -0.2) is 0 Å². The highest BCUT2D eigenvalue weighted by Gasteiger charge is 2.39. The molecule has 1 atom stereocenters. The first-order chi connectivity index (χ1) is 6.08. The minimum Gasteiger partial charge on any atom is -0.466 e. The van der Waals surface area contributed by atoms with Crippen molar-refractivity contribution in [3.63, 3.8) is 0 Å². The number of hydrogen-bond donors (Lipinski definition) is 0. The highest BCUT2D eigenvalue weighted by molar-refractivity contribution is 5.90. The number of carbonyl (C=O) groups is 2. The van der Waals surface area contributed by atoms with Gasteiger partial charge in [-0.3, -0.25) is 9.59 Å². The second-order valence-corrected chi connectivity index (χ2v) is 3.82. The summed E-state index contributed by atoms with van der Waals surface area (Å²) in [7, 11) is 0. The number of ether oxygens (including phenoxy) is 1. The quantitative estimate of drug-likeness (QED) is 0.627. The molecular weight excluding hydrogens is 168 g/mol. The van der Waals surface area contributed by atoms with Crippen molar-refractivity contribution in [2.45, 2.75) is 39.5 Å². The molecule has 1 aliphatic carbocycles. The zero-order chi connectivity index (χ0) is 9.90. The molecule has 0 aliphatic heterocycles. The minimum atomic E-state index is -0.438. The standard InChI is InChI=1S/C10H16O3/c1-3-13-9(12)7-10(2)6-4-5-8(10)11/h3-7H2,1-2H3/t10-/m0/s1. The molecule has 0 N–H and O–H groups in total. The lowest BCUT2D eigenvalue weighted by atomic mass is 9.84. The summed E-state index contributed by atoms with van der Waals surface area (Å²) in [6.45, 7) is 4.03. The molecule has 0 aromatic rings. The van der Waals surface area contributed by atoms with E-state index in [0.717, 1.165) is 12.8 Å². The summed E-state index contributed by atoms with van der Waals surface area (Å²) >= 11 is 0. The van der Waals surface area contributed by atoms with Crippen molar-refractivity contribution in [1.29, 1.82) is 0 Å². The Hall–Kier alpha value is -0.860. The van der Waals surface area contributed by atoms with E-state index in [4.69, 9.17) is 4.74 Å². The fraction of sp³-hybridized carbons (Fsp3) is 0.800. The molecule has 0 heterocycles. The molecular formula is C10H16O3. The first kappa shape index (κ1) is 10.2. The summed E-state index contributed by atoms with van der Waals surface area (Å²) in [5.41, 5.74) is -0.438. The molecule has 1 saturated carbocycles. The number of rotatable bonds is 3. The second kappa shape index (κ2) is 3.90. The third-order valence-corrected chi connectivity index (χ3v) is 2.65. The average molecular weight is 184 g/mol. The van der Waals surface area contributed by atoms with E-state index in [0.29, 0.717) is 13.0 Å². The predicted molar refractivity (Wildman–Crippen MR) is 48.2 cm³/mol. The van der Waals surface area contributed by atoms with Crippen LogP contribution in [0.2, 0.25) is 0 Å². The lowest BCUT2D eigenvalue weighted by Crippen LogP contribution is -2.26. The molecule has 0 amide bonds. The van der Waals surface area contributed by atoms with Crippen LogP contribution in [-0.2, 0) is 14.3 Å². The number of esters is 1. The van der Waals surface area contributed by atoms with Gasteiger partial charge >= 0.3 is 5.97 Å². The van der Waals surface area contributed by atoms with E-state index in [-0.39, 0.29) is 18.2 Å². The van der Waals surface area contributed by atoms with Crippen LogP contribution in [0.3, 0.4) is 0 Å². The van der Waals surface area contributed by atoms with Crippen LogP contribution in [0.1, 0.15) is 39.5 Å². The first-order valence-corrected chi connectivity index (χ1v) is 4.77. The molecule has 0 saturated heterocycles. The van der Waals surface area contributed by atoms with Crippen LogP contribution < -0.4 is 0 Å². The molecule has 1 aliphatic rings. The molecule has 3 nitrogen and oxygen atoms in total. The van der Waals surface area contributed by atoms with Gasteiger partial charge in [0, 0.05) is 11.8 Å². The van der Waals surface area contributed by atoms with Crippen molar-refractivity contribution < 1.29 is 14.3 Å². The average Bonchev–Trinajstić information content (AvgIpc) is 2.32. The fourth-order valence-electron chi connectivity index (χ4n) is 1.80. The van der Waals surface area contributed by atoms with Crippen molar-refractivity contribution in [2.24, 2.45) is 5.41 Å². The van der Waals surface area contributed by atoms with E-state index in [1.54, 1.807) is 6.92 Å². The molecule has 1 rings (SSSR count). The van der Waals surface area contributed by atoms with Crippen molar-refractivity contribution in [1.82, 2.24) is 0 Å². The van der Waals surface area contributed by atoms with Gasteiger partial charge < -0.3 is 4.74 Å². The van der Waals surface area contributed by atoms with Gasteiger partial charge in [-0.05, 0) is 19.8 Å². The van der Waals surface area contributed by atoms with Gasteiger partial charge in [0.05, 0.1) is 13.0 Å². The molecule has 3 heteroatoms. The van der Waals surface area contributed by atoms with Crippen LogP contribution in [0.25, 0.3) is 0 Å². The Morgan fingerprint density at radius 3 is 2.77 bits per heavy atom. The van der Waals surface area contributed by atoms with Crippen LogP contribution in [0, 0.1) is 5.41 Å². The van der Waals surface area contributed by atoms with Gasteiger partial charge in [-0.15, -0.1) is 0 Å². The molecule has 13 heavy (non-hydrogen) atoms. The Bertz CT molecular complexity index is 222. The van der Waals surface area contributed by atoms with E-state index >= 15 is 0 Å². The van der Waals surface area contributed by atoms with Gasteiger partial charge in [0.1, 0.15) is 5.78 Å². The Morgan fingerprint density at radius 1 is 1.62 bits per heavy atom. The third-order valence-electron chi connectivity index (χ3n) is 2.65. The van der Waals surface area contributed by atoms with Gasteiger partial charge in [0.2, 0.25) is 0 Å². The summed E-state index contributed by atoms with van der Waals surface area (Å²) < 4.78 is 4.83. The number of ketones is 1. The van der Waals surface area contributed by atoms with E-state index < -0.39 is 5.41 Å². The molecule has 74 valence electrons. The van der Waals surface area contributed by atoms with Crippen molar-refractivity contribution in [2.75, 3.05) is 6.61 Å². The van der Waals surface area contributed by atoms with Crippen molar-refractivity contribution >= 4 is 11.8 Å². The smallest absolute Gasteiger partial charge is 0.306 e. The highest BCUT2D eigenvalue weighted by Crippen LogP contribution is 2.37. The molecule has 0 radical (unpaired) electrons. The number of carbonyl (C=O) groups excluding carboxylic acids is 2. The largest absolute Gasteiger partial charge is 0.466 e. The SMILES string of the molecule is CCOC(=O)C[C@]1(C)CCCC1=O. The molecule has 1 fully saturated rings. The van der Waals surface area contributed by atoms with Crippen LogP contribution in [0.5, 0.6) is 0 Å². The van der Waals surface area contributed by atoms with Crippen molar-refractivity contribution in [3.05, 3.63) is 0 Å². The zero-order valence-electron chi connectivity index (χ0n) is 8.26. The maximum atomic E-state index is 11.4. The summed E-state index contributed by atoms with van der Waals surface area (Å²) in [6.07, 6.45) is 2.61. The van der Waals surface area contributed by atoms with Crippen LogP contribution in [0.15, 0.2) is 0 Å². The van der Waals surface area contributed by atoms with E-state index in [9.17, 15) is 9.59 Å². The molecule has 0 aromatic heterocycles. The molecule has 0 aromatic carbocycles. The van der Waals surface area contributed by atoms with Crippen LogP contribution >= 0.6 is 0 Å². The Balaban J connectivity index is 2.51. The van der Waals surface area contributed by atoms with E-state index in [1.807, 2.05) is 6.92 Å². The van der Waals surface area contributed by atoms with Crippen LogP contribution in [-0.4, -0.2) is 18.4 Å². The maximum absolute atomic E-state index is 11.4. The molecule has 0 spiro atoms. The Kier molecular flexibility index (Phi) is 3.07. The van der Waals surface area contributed by atoms with Crippen molar-refractivity contribution in [3.8, 4) is 0 Å². The number of Topliss-reactive ketones (excluding diaryl/α,β-unsaturated/α-hetero) is 1. The van der Waals surface area contributed by atoms with Crippen LogP contribution in [0.4, 0.5) is 0 Å². The third kappa shape index (κ3) is 2.29. The summed E-state index contributed by atoms with van der Waals surface area (Å²) in [6, 6.07) is 0. The number of hydrogen-bond acceptors (Lipinski definition) is 3. The Labute approximate surface area is 78.5 Å². The zero-order valence-corrected chi connectivity index (χ0v) is 8.26. The lowest BCUT2D eigenvalue weighted by molar-refractivity contribution is -0.148. The summed E-state index contributed by atoms with van der Waals surface area (Å²) in [5, 5.41) is 0. The van der Waals surface area contributed by atoms with Gasteiger partial charge in [-0.1, -0.05) is 6.92 Å². The van der Waals surface area contributed by atoms with E-state index in [2.05, 4.69) is 0 Å². The molecule has 0 bridgehead atoms. The Morgan fingerprint density at radius 2 is 2.31 bits per heavy atom. The lowest BCUT2D eigenvalue weighted by Gasteiger charge is -2.19. The first-order valence-electron chi connectivity index (χ1n) is 4.77. The fourth-order valence-corrected chi connectivity index (χ4v) is 1.80. The monoisotopic (exact) mass is 184 g/mol. The maximum Gasteiger partial charge on any atom is 0.306 e. The summed E-state index contributed by atoms with van der Waals surface area (Å²) in [5.74, 6) is -0.0409. The van der Waals surface area contributed by atoms with Gasteiger partial charge in [-0.2, -0.15) is 0 Å². The van der Waals surface area contributed by atoms with Gasteiger partial charge in [0.15, 0.2) is 0 Å². The highest BCUT2D eigenvalue weighted by atomic mass is 16.5.